The number of carbonyl (C=O) groups excluding carboxylic acids is 2. The summed E-state index contributed by atoms with van der Waals surface area (Å²) in [5.74, 6) is -0.379. The fourth-order valence-electron chi connectivity index (χ4n) is 4.26. The van der Waals surface area contributed by atoms with Crippen LogP contribution in [0.4, 0.5) is 11.4 Å². The maximum atomic E-state index is 13.5. The van der Waals surface area contributed by atoms with Gasteiger partial charge in [-0.15, -0.1) is 11.8 Å². The lowest BCUT2D eigenvalue weighted by molar-refractivity contribution is 0.0995. The van der Waals surface area contributed by atoms with Gasteiger partial charge < -0.3 is 10.4 Å². The van der Waals surface area contributed by atoms with Gasteiger partial charge in [0.05, 0.1) is 5.69 Å². The van der Waals surface area contributed by atoms with Crippen LogP contribution in [0, 0.1) is 0 Å². The fraction of sp³-hybridized carbons (Fsp3) is 0.0968. The molecule has 37 heavy (non-hydrogen) atoms. The third kappa shape index (κ3) is 5.50. The number of thioether (sulfide) groups is 1. The minimum absolute atomic E-state index is 0.0836. The van der Waals surface area contributed by atoms with E-state index in [1.165, 1.54) is 0 Å². The lowest BCUT2D eigenvalue weighted by Crippen LogP contribution is -2.25. The minimum atomic E-state index is -0.213. The van der Waals surface area contributed by atoms with Gasteiger partial charge in [-0.2, -0.15) is 0 Å². The smallest absolute Gasteiger partial charge is 0.262 e. The molecular weight excluding hydrogens is 480 g/mol. The number of rotatable bonds is 6. The predicted octanol–water partition coefficient (Wildman–Crippen LogP) is 6.62. The van der Waals surface area contributed by atoms with Crippen LogP contribution in [0.1, 0.15) is 27.1 Å². The van der Waals surface area contributed by atoms with Crippen LogP contribution in [0.3, 0.4) is 0 Å². The van der Waals surface area contributed by atoms with E-state index >= 15 is 0 Å². The summed E-state index contributed by atoms with van der Waals surface area (Å²) in [5, 5.41) is 12.4. The normalized spacial score (nSPS) is 14.5. The number of fused-ring (bicyclic) bond motifs is 1. The first kappa shape index (κ1) is 24.6. The summed E-state index contributed by atoms with van der Waals surface area (Å²) in [5.41, 5.74) is 4.33. The molecule has 1 aliphatic rings. The molecule has 5 rings (SSSR count). The van der Waals surface area contributed by atoms with Gasteiger partial charge in [0.15, 0.2) is 0 Å². The van der Waals surface area contributed by atoms with Gasteiger partial charge in [0.1, 0.15) is 0 Å². The lowest BCUT2D eigenvalue weighted by Gasteiger charge is -2.20. The van der Waals surface area contributed by atoms with Crippen LogP contribution < -0.4 is 10.2 Å². The molecular formula is C31H26N2O3S. The quantitative estimate of drug-likeness (QED) is 0.308. The number of benzene rings is 4. The Morgan fingerprint density at radius 2 is 1.54 bits per heavy atom. The number of hydrogen-bond acceptors (Lipinski definition) is 4. The van der Waals surface area contributed by atoms with Crippen LogP contribution in [0.25, 0.3) is 11.1 Å². The fourth-order valence-corrected chi connectivity index (χ4v) is 5.41. The van der Waals surface area contributed by atoms with Crippen LogP contribution in [0.5, 0.6) is 0 Å². The van der Waals surface area contributed by atoms with Crippen molar-refractivity contribution in [2.75, 3.05) is 16.8 Å². The molecule has 1 atom stereocenters. The molecule has 1 aliphatic heterocycles. The van der Waals surface area contributed by atoms with Gasteiger partial charge in [-0.3, -0.25) is 14.5 Å². The van der Waals surface area contributed by atoms with Gasteiger partial charge >= 0.3 is 0 Å². The predicted molar refractivity (Wildman–Crippen MR) is 150 cm³/mol. The number of aliphatic hydroxyl groups is 1. The molecule has 0 saturated carbocycles. The first-order chi connectivity index (χ1) is 18.1. The monoisotopic (exact) mass is 506 g/mol. The SMILES string of the molecule is O=C(Nc1ccc(C(=O)N2C=CC(CCO)Sc3ccccc32)cc1)c1ccccc1-c1ccccc1. The number of hydrogen-bond donors (Lipinski definition) is 2. The molecule has 2 N–H and O–H groups in total. The molecule has 1 heterocycles. The van der Waals surface area contributed by atoms with Gasteiger partial charge in [-0.1, -0.05) is 66.7 Å². The standard InChI is InChI=1S/C31H26N2O3S/c34-21-19-25-18-20-33(28-12-6-7-13-29(28)37-25)31(36)23-14-16-24(17-15-23)32-30(35)27-11-5-4-10-26(27)22-8-2-1-3-9-22/h1-18,20,25,34H,19,21H2,(H,32,35). The molecule has 0 fully saturated rings. The third-order valence-corrected chi connectivity index (χ3v) is 7.43. The highest BCUT2D eigenvalue weighted by Gasteiger charge is 2.23. The van der Waals surface area contributed by atoms with E-state index in [-0.39, 0.29) is 23.7 Å². The van der Waals surface area contributed by atoms with Gasteiger partial charge in [0.2, 0.25) is 0 Å². The van der Waals surface area contributed by atoms with Crippen molar-refractivity contribution in [1.82, 2.24) is 0 Å². The molecule has 184 valence electrons. The molecule has 0 bridgehead atoms. The summed E-state index contributed by atoms with van der Waals surface area (Å²) >= 11 is 1.64. The van der Waals surface area contributed by atoms with Gasteiger partial charge in [0, 0.05) is 39.8 Å². The molecule has 5 nitrogen and oxygen atoms in total. The Hall–Kier alpha value is -4.13. The molecule has 0 spiro atoms. The Morgan fingerprint density at radius 3 is 2.32 bits per heavy atom. The molecule has 0 aliphatic carbocycles. The van der Waals surface area contributed by atoms with Gasteiger partial charge in [-0.05, 0) is 60.0 Å². The molecule has 6 heteroatoms. The zero-order chi connectivity index (χ0) is 25.6. The number of para-hydroxylation sites is 1. The molecule has 4 aromatic carbocycles. The van der Waals surface area contributed by atoms with Crippen molar-refractivity contribution in [1.29, 1.82) is 0 Å². The molecule has 1 unspecified atom stereocenters. The molecule has 4 aromatic rings. The first-order valence-electron chi connectivity index (χ1n) is 12.1. The number of anilines is 2. The van der Waals surface area contributed by atoms with E-state index in [9.17, 15) is 14.7 Å². The largest absolute Gasteiger partial charge is 0.396 e. The zero-order valence-electron chi connectivity index (χ0n) is 20.1. The maximum absolute atomic E-state index is 13.5. The van der Waals surface area contributed by atoms with E-state index in [0.717, 1.165) is 21.7 Å². The van der Waals surface area contributed by atoms with E-state index < -0.39 is 0 Å². The van der Waals surface area contributed by atoms with Crippen LogP contribution >= 0.6 is 11.8 Å². The first-order valence-corrected chi connectivity index (χ1v) is 13.0. The molecule has 0 radical (unpaired) electrons. The van der Waals surface area contributed by atoms with E-state index in [1.54, 1.807) is 53.2 Å². The van der Waals surface area contributed by atoms with Crippen molar-refractivity contribution in [2.24, 2.45) is 0 Å². The lowest BCUT2D eigenvalue weighted by atomic mass is 9.99. The second-order valence-corrected chi connectivity index (χ2v) is 9.88. The van der Waals surface area contributed by atoms with Crippen LogP contribution in [0.15, 0.2) is 120 Å². The van der Waals surface area contributed by atoms with Crippen LogP contribution in [-0.2, 0) is 0 Å². The average molecular weight is 507 g/mol. The maximum Gasteiger partial charge on any atom is 0.262 e. The topological polar surface area (TPSA) is 69.6 Å². The molecule has 0 aromatic heterocycles. The van der Waals surface area contributed by atoms with E-state index in [2.05, 4.69) is 5.32 Å². The summed E-state index contributed by atoms with van der Waals surface area (Å²) in [7, 11) is 0. The Kier molecular flexibility index (Phi) is 7.49. The van der Waals surface area contributed by atoms with Crippen molar-refractivity contribution >= 4 is 35.0 Å². The Morgan fingerprint density at radius 1 is 0.838 bits per heavy atom. The van der Waals surface area contributed by atoms with E-state index in [0.29, 0.717) is 23.2 Å². The second kappa shape index (κ2) is 11.3. The molecule has 0 saturated heterocycles. The Balaban J connectivity index is 1.35. The third-order valence-electron chi connectivity index (χ3n) is 6.13. The highest BCUT2D eigenvalue weighted by atomic mass is 32.2. The summed E-state index contributed by atoms with van der Waals surface area (Å²) in [6.45, 7) is 0.0845. The number of amides is 2. The Bertz CT molecular complexity index is 1430. The van der Waals surface area contributed by atoms with Gasteiger partial charge in [-0.25, -0.2) is 0 Å². The van der Waals surface area contributed by atoms with Crippen molar-refractivity contribution < 1.29 is 14.7 Å². The second-order valence-electron chi connectivity index (χ2n) is 8.60. The van der Waals surface area contributed by atoms with E-state index in [1.807, 2.05) is 78.9 Å². The minimum Gasteiger partial charge on any atom is -0.396 e. The van der Waals surface area contributed by atoms with Crippen molar-refractivity contribution in [3.05, 3.63) is 127 Å². The zero-order valence-corrected chi connectivity index (χ0v) is 20.9. The molecule has 2 amide bonds. The highest BCUT2D eigenvalue weighted by Crippen LogP contribution is 2.38. The average Bonchev–Trinajstić information content (AvgIpc) is 3.13. The number of nitrogens with one attached hydrogen (secondary N) is 1. The summed E-state index contributed by atoms with van der Waals surface area (Å²) < 4.78 is 0. The van der Waals surface area contributed by atoms with Crippen LogP contribution in [-0.4, -0.2) is 28.8 Å². The van der Waals surface area contributed by atoms with Crippen molar-refractivity contribution in [3.63, 3.8) is 0 Å². The highest BCUT2D eigenvalue weighted by molar-refractivity contribution is 8.00. The van der Waals surface area contributed by atoms with Crippen molar-refractivity contribution in [2.45, 2.75) is 16.6 Å². The summed E-state index contributed by atoms with van der Waals surface area (Å²) in [6, 6.07) is 32.0. The Labute approximate surface area is 220 Å². The number of nitrogens with zero attached hydrogens (tertiary/aromatic N) is 1. The summed E-state index contributed by atoms with van der Waals surface area (Å²) in [6.07, 6.45) is 4.36. The summed E-state index contributed by atoms with van der Waals surface area (Å²) in [4.78, 5) is 29.2. The number of carbonyl (C=O) groups is 2. The van der Waals surface area contributed by atoms with Crippen molar-refractivity contribution in [3.8, 4) is 11.1 Å². The van der Waals surface area contributed by atoms with Gasteiger partial charge in [0.25, 0.3) is 11.8 Å². The number of aliphatic hydroxyl groups excluding tert-OH is 1. The van der Waals surface area contributed by atoms with Crippen LogP contribution in [0.2, 0.25) is 0 Å². The van der Waals surface area contributed by atoms with E-state index in [4.69, 9.17) is 0 Å².